The highest BCUT2D eigenvalue weighted by Crippen LogP contribution is 2.21. The predicted octanol–water partition coefficient (Wildman–Crippen LogP) is 1.43. The third-order valence-corrected chi connectivity index (χ3v) is 2.40. The van der Waals surface area contributed by atoms with Crippen LogP contribution in [0.5, 0.6) is 0 Å². The Bertz CT molecular complexity index is 510. The summed E-state index contributed by atoms with van der Waals surface area (Å²) in [6.07, 6.45) is -2.86. The van der Waals surface area contributed by atoms with Crippen molar-refractivity contribution in [3.05, 3.63) is 39.7 Å². The van der Waals surface area contributed by atoms with Crippen molar-refractivity contribution in [3.63, 3.8) is 0 Å². The first kappa shape index (κ1) is 15.9. The number of hydrogen-bond acceptors (Lipinski definition) is 4. The van der Waals surface area contributed by atoms with Gasteiger partial charge in [-0.25, -0.2) is 13.2 Å². The van der Waals surface area contributed by atoms with Crippen molar-refractivity contribution < 1.29 is 28.0 Å². The largest absolute Gasteiger partial charge is 0.395 e. The second-order valence-electron chi connectivity index (χ2n) is 3.78. The summed E-state index contributed by atoms with van der Waals surface area (Å²) in [4.78, 5) is 22.3. The quantitative estimate of drug-likeness (QED) is 0.635. The lowest BCUT2D eigenvalue weighted by atomic mass is 10.1. The van der Waals surface area contributed by atoms with E-state index in [9.17, 15) is 28.1 Å². The predicted molar refractivity (Wildman–Crippen MR) is 62.0 cm³/mol. The Morgan fingerprint density at radius 3 is 2.60 bits per heavy atom. The highest BCUT2D eigenvalue weighted by molar-refractivity contribution is 5.98. The summed E-state index contributed by atoms with van der Waals surface area (Å²) in [6.45, 7) is -1.96. The monoisotopic (exact) mass is 292 g/mol. The second-order valence-corrected chi connectivity index (χ2v) is 3.78. The molecule has 1 amide bonds. The molecule has 0 bridgehead atoms. The molecule has 0 fully saturated rings. The van der Waals surface area contributed by atoms with Gasteiger partial charge < -0.3 is 10.0 Å². The molecule has 0 aliphatic carbocycles. The average molecular weight is 292 g/mol. The molecule has 1 aromatic carbocycles. The fourth-order valence-electron chi connectivity index (χ4n) is 1.57. The molecule has 110 valence electrons. The number of rotatable bonds is 6. The Balaban J connectivity index is 3.14. The highest BCUT2D eigenvalue weighted by atomic mass is 19.3. The average Bonchev–Trinajstić information content (AvgIpc) is 2.36. The van der Waals surface area contributed by atoms with Crippen LogP contribution < -0.4 is 0 Å². The first-order valence-electron chi connectivity index (χ1n) is 5.49. The van der Waals surface area contributed by atoms with E-state index < -0.39 is 54.0 Å². The zero-order valence-corrected chi connectivity index (χ0v) is 10.1. The number of carbonyl (C=O) groups excluding carboxylic acids is 1. The summed E-state index contributed by atoms with van der Waals surface area (Å²) < 4.78 is 37.6. The van der Waals surface area contributed by atoms with Crippen LogP contribution in [0.2, 0.25) is 0 Å². The molecule has 0 aliphatic heterocycles. The molecular weight excluding hydrogens is 281 g/mol. The molecule has 0 aliphatic rings. The minimum Gasteiger partial charge on any atom is -0.395 e. The van der Waals surface area contributed by atoms with Gasteiger partial charge in [-0.15, -0.1) is 0 Å². The van der Waals surface area contributed by atoms with Gasteiger partial charge in [-0.3, -0.25) is 14.9 Å². The zero-order valence-electron chi connectivity index (χ0n) is 10.1. The third kappa shape index (κ3) is 3.92. The second kappa shape index (κ2) is 6.85. The van der Waals surface area contributed by atoms with Crippen LogP contribution in [-0.4, -0.2) is 47.0 Å². The van der Waals surface area contributed by atoms with E-state index in [0.717, 1.165) is 12.1 Å². The maximum atomic E-state index is 12.9. The van der Waals surface area contributed by atoms with Crippen LogP contribution in [0, 0.1) is 15.9 Å². The summed E-state index contributed by atoms with van der Waals surface area (Å²) in [5, 5.41) is 19.5. The number of nitrogens with zero attached hydrogens (tertiary/aromatic N) is 2. The molecule has 0 saturated carbocycles. The van der Waals surface area contributed by atoms with E-state index >= 15 is 0 Å². The number of benzene rings is 1. The maximum Gasteiger partial charge on any atom is 0.285 e. The lowest BCUT2D eigenvalue weighted by molar-refractivity contribution is -0.385. The zero-order chi connectivity index (χ0) is 15.3. The van der Waals surface area contributed by atoms with Crippen molar-refractivity contribution >= 4 is 11.6 Å². The minimum atomic E-state index is -2.86. The normalized spacial score (nSPS) is 10.7. The number of aliphatic hydroxyl groups excluding tert-OH is 1. The number of nitro benzene ring substituents is 1. The molecular formula is C11H11F3N2O4. The van der Waals surface area contributed by atoms with E-state index in [1.165, 1.54) is 0 Å². The third-order valence-electron chi connectivity index (χ3n) is 2.40. The number of hydrogen-bond donors (Lipinski definition) is 1. The molecule has 1 rings (SSSR count). The molecule has 0 atom stereocenters. The number of halogens is 3. The van der Waals surface area contributed by atoms with Crippen molar-refractivity contribution in [2.75, 3.05) is 19.7 Å². The van der Waals surface area contributed by atoms with Gasteiger partial charge in [0, 0.05) is 6.54 Å². The van der Waals surface area contributed by atoms with Crippen LogP contribution in [0.3, 0.4) is 0 Å². The first-order valence-corrected chi connectivity index (χ1v) is 5.49. The van der Waals surface area contributed by atoms with E-state index in [-0.39, 0.29) is 0 Å². The van der Waals surface area contributed by atoms with Crippen molar-refractivity contribution in [1.82, 2.24) is 4.90 Å². The lowest BCUT2D eigenvalue weighted by Crippen LogP contribution is -2.37. The van der Waals surface area contributed by atoms with Crippen molar-refractivity contribution in [2.24, 2.45) is 0 Å². The van der Waals surface area contributed by atoms with Crippen molar-refractivity contribution in [2.45, 2.75) is 6.43 Å². The number of carbonyl (C=O) groups is 1. The molecule has 6 nitrogen and oxygen atoms in total. The Labute approximate surface area is 111 Å². The summed E-state index contributed by atoms with van der Waals surface area (Å²) in [7, 11) is 0. The van der Waals surface area contributed by atoms with Crippen LogP contribution >= 0.6 is 0 Å². The Morgan fingerprint density at radius 1 is 1.45 bits per heavy atom. The van der Waals surface area contributed by atoms with Gasteiger partial charge in [-0.2, -0.15) is 0 Å². The Hall–Kier alpha value is -2.16. The molecule has 0 spiro atoms. The summed E-state index contributed by atoms with van der Waals surface area (Å²) in [6, 6.07) is 2.21. The van der Waals surface area contributed by atoms with Crippen LogP contribution in [0.4, 0.5) is 18.9 Å². The van der Waals surface area contributed by atoms with Gasteiger partial charge in [0.15, 0.2) is 0 Å². The van der Waals surface area contributed by atoms with E-state index in [2.05, 4.69) is 0 Å². The number of nitro groups is 1. The molecule has 0 saturated heterocycles. The molecule has 0 unspecified atom stereocenters. The van der Waals surface area contributed by atoms with Gasteiger partial charge in [-0.05, 0) is 12.1 Å². The van der Waals surface area contributed by atoms with E-state index in [1.54, 1.807) is 0 Å². The summed E-state index contributed by atoms with van der Waals surface area (Å²) in [5.74, 6) is -1.98. The fourth-order valence-corrected chi connectivity index (χ4v) is 1.57. The van der Waals surface area contributed by atoms with E-state index in [4.69, 9.17) is 5.11 Å². The molecule has 1 N–H and O–H groups in total. The molecule has 0 aromatic heterocycles. The molecule has 9 heteroatoms. The topological polar surface area (TPSA) is 83.7 Å². The Kier molecular flexibility index (Phi) is 5.44. The molecule has 1 aromatic rings. The standard InChI is InChI=1S/C11H11F3N2O4/c12-7-1-2-8(9(5-7)16(19)20)11(18)15(3-4-17)6-10(13)14/h1-2,5,10,17H,3-4,6H2. The lowest BCUT2D eigenvalue weighted by Gasteiger charge is -2.21. The smallest absolute Gasteiger partial charge is 0.285 e. The van der Waals surface area contributed by atoms with Crippen molar-refractivity contribution in [1.29, 1.82) is 0 Å². The molecule has 20 heavy (non-hydrogen) atoms. The maximum absolute atomic E-state index is 12.9. The first-order chi connectivity index (χ1) is 9.36. The van der Waals surface area contributed by atoms with Crippen LogP contribution in [0.1, 0.15) is 10.4 Å². The van der Waals surface area contributed by atoms with E-state index in [0.29, 0.717) is 11.0 Å². The molecule has 0 radical (unpaired) electrons. The number of aliphatic hydroxyl groups is 1. The van der Waals surface area contributed by atoms with Gasteiger partial charge >= 0.3 is 0 Å². The molecule has 0 heterocycles. The van der Waals surface area contributed by atoms with Crippen LogP contribution in [-0.2, 0) is 0 Å². The van der Waals surface area contributed by atoms with Gasteiger partial charge in [0.1, 0.15) is 11.4 Å². The van der Waals surface area contributed by atoms with E-state index in [1.807, 2.05) is 0 Å². The van der Waals surface area contributed by atoms with Gasteiger partial charge in [0.05, 0.1) is 24.1 Å². The number of amides is 1. The Morgan fingerprint density at radius 2 is 2.10 bits per heavy atom. The summed E-state index contributed by atoms with van der Waals surface area (Å²) >= 11 is 0. The fraction of sp³-hybridized carbons (Fsp3) is 0.364. The van der Waals surface area contributed by atoms with Gasteiger partial charge in [0.25, 0.3) is 18.0 Å². The van der Waals surface area contributed by atoms with Crippen LogP contribution in [0.15, 0.2) is 18.2 Å². The van der Waals surface area contributed by atoms with Crippen molar-refractivity contribution in [3.8, 4) is 0 Å². The minimum absolute atomic E-state index is 0.405. The highest BCUT2D eigenvalue weighted by Gasteiger charge is 2.26. The van der Waals surface area contributed by atoms with Crippen LogP contribution in [0.25, 0.3) is 0 Å². The SMILES string of the molecule is O=C(c1ccc(F)cc1[N+](=O)[O-])N(CCO)CC(F)F. The van der Waals surface area contributed by atoms with Gasteiger partial charge in [-0.1, -0.05) is 0 Å². The summed E-state index contributed by atoms with van der Waals surface area (Å²) in [5.41, 5.74) is -1.32. The van der Waals surface area contributed by atoms with Gasteiger partial charge in [0.2, 0.25) is 0 Å². The number of alkyl halides is 2.